The summed E-state index contributed by atoms with van der Waals surface area (Å²) < 4.78 is 2.10. The van der Waals surface area contributed by atoms with Gasteiger partial charge in [0.1, 0.15) is 5.82 Å². The number of thioether (sulfide) groups is 1. The van der Waals surface area contributed by atoms with E-state index < -0.39 is 0 Å². The fraction of sp³-hybridized carbons (Fsp3) is 0.526. The van der Waals surface area contributed by atoms with Crippen LogP contribution in [0.25, 0.3) is 0 Å². The van der Waals surface area contributed by atoms with Crippen LogP contribution >= 0.6 is 11.8 Å². The Bertz CT molecular complexity index is 735. The highest BCUT2D eigenvalue weighted by atomic mass is 32.2. The second kappa shape index (κ2) is 8.68. The van der Waals surface area contributed by atoms with Crippen LogP contribution in [0, 0.1) is 6.92 Å². The molecule has 0 spiro atoms. The van der Waals surface area contributed by atoms with E-state index in [-0.39, 0.29) is 5.91 Å². The molecule has 0 bridgehead atoms. The number of nitrogens with one attached hydrogen (secondary N) is 1. The molecule has 0 saturated carbocycles. The highest BCUT2D eigenvalue weighted by Crippen LogP contribution is 2.28. The van der Waals surface area contributed by atoms with Crippen molar-refractivity contribution in [3.05, 3.63) is 41.2 Å². The number of amides is 1. The SMILES string of the molecule is CSc1nnc(C2CCN(CC(=O)NCc3ccc(C)cc3)CC2)n1C. The highest BCUT2D eigenvalue weighted by Gasteiger charge is 2.25. The molecule has 0 radical (unpaired) electrons. The molecule has 1 amide bonds. The molecule has 1 aromatic heterocycles. The third-order valence-corrected chi connectivity index (χ3v) is 5.70. The smallest absolute Gasteiger partial charge is 0.234 e. The lowest BCUT2D eigenvalue weighted by molar-refractivity contribution is -0.122. The molecule has 1 saturated heterocycles. The van der Waals surface area contributed by atoms with Crippen molar-refractivity contribution in [1.29, 1.82) is 0 Å². The van der Waals surface area contributed by atoms with E-state index in [0.29, 0.717) is 19.0 Å². The van der Waals surface area contributed by atoms with Gasteiger partial charge < -0.3 is 9.88 Å². The molecule has 2 aromatic rings. The number of hydrogen-bond donors (Lipinski definition) is 1. The first-order valence-corrected chi connectivity index (χ1v) is 10.3. The summed E-state index contributed by atoms with van der Waals surface area (Å²) in [4.78, 5) is 14.4. The van der Waals surface area contributed by atoms with Gasteiger partial charge in [0.2, 0.25) is 5.91 Å². The van der Waals surface area contributed by atoms with Crippen LogP contribution in [-0.4, -0.2) is 51.5 Å². The van der Waals surface area contributed by atoms with Gasteiger partial charge in [0.05, 0.1) is 6.54 Å². The normalized spacial score (nSPS) is 16.0. The van der Waals surface area contributed by atoms with E-state index in [1.54, 1.807) is 11.8 Å². The Labute approximate surface area is 159 Å². The zero-order valence-corrected chi connectivity index (χ0v) is 16.6. The van der Waals surface area contributed by atoms with Crippen LogP contribution in [0.15, 0.2) is 29.4 Å². The zero-order chi connectivity index (χ0) is 18.5. The van der Waals surface area contributed by atoms with Crippen molar-refractivity contribution in [1.82, 2.24) is 25.0 Å². The molecule has 7 heteroatoms. The van der Waals surface area contributed by atoms with Gasteiger partial charge in [-0.1, -0.05) is 41.6 Å². The highest BCUT2D eigenvalue weighted by molar-refractivity contribution is 7.98. The van der Waals surface area contributed by atoms with Crippen LogP contribution in [-0.2, 0) is 18.4 Å². The number of aryl methyl sites for hydroxylation is 1. The number of likely N-dealkylation sites (tertiary alicyclic amines) is 1. The lowest BCUT2D eigenvalue weighted by Crippen LogP contribution is -2.41. The number of carbonyl (C=O) groups is 1. The standard InChI is InChI=1S/C19H27N5OS/c1-14-4-6-15(7-5-14)12-20-17(25)13-24-10-8-16(9-11-24)18-21-22-19(26-3)23(18)2/h4-7,16H,8-13H2,1-3H3,(H,20,25). The van der Waals surface area contributed by atoms with Gasteiger partial charge >= 0.3 is 0 Å². The molecule has 26 heavy (non-hydrogen) atoms. The van der Waals surface area contributed by atoms with Crippen molar-refractivity contribution < 1.29 is 4.79 Å². The fourth-order valence-corrected chi connectivity index (χ4v) is 3.86. The third kappa shape index (κ3) is 4.65. The van der Waals surface area contributed by atoms with Gasteiger partial charge in [-0.3, -0.25) is 9.69 Å². The zero-order valence-electron chi connectivity index (χ0n) is 15.7. The van der Waals surface area contributed by atoms with E-state index in [4.69, 9.17) is 0 Å². The van der Waals surface area contributed by atoms with Crippen LogP contribution in [0.3, 0.4) is 0 Å². The van der Waals surface area contributed by atoms with E-state index in [0.717, 1.165) is 42.5 Å². The fourth-order valence-electron chi connectivity index (χ4n) is 3.37. The second-order valence-electron chi connectivity index (χ2n) is 6.92. The minimum atomic E-state index is 0.0901. The lowest BCUT2D eigenvalue weighted by Gasteiger charge is -2.30. The minimum absolute atomic E-state index is 0.0901. The average molecular weight is 374 g/mol. The summed E-state index contributed by atoms with van der Waals surface area (Å²) in [7, 11) is 2.03. The Morgan fingerprint density at radius 2 is 1.92 bits per heavy atom. The summed E-state index contributed by atoms with van der Waals surface area (Å²) in [6, 6.07) is 8.26. The Balaban J connectivity index is 1.44. The maximum atomic E-state index is 12.2. The molecule has 0 unspecified atom stereocenters. The molecule has 1 aromatic carbocycles. The summed E-state index contributed by atoms with van der Waals surface area (Å²) in [6.45, 7) is 4.96. The monoisotopic (exact) mass is 373 g/mol. The predicted octanol–water partition coefficient (Wildman–Crippen LogP) is 2.34. The van der Waals surface area contributed by atoms with Gasteiger partial charge in [-0.05, 0) is 44.7 Å². The number of hydrogen-bond acceptors (Lipinski definition) is 5. The molecule has 1 aliphatic rings. The molecule has 3 rings (SSSR count). The van der Waals surface area contributed by atoms with Gasteiger partial charge in [-0.15, -0.1) is 10.2 Å². The number of benzene rings is 1. The topological polar surface area (TPSA) is 63.1 Å². The molecule has 1 N–H and O–H groups in total. The van der Waals surface area contributed by atoms with E-state index >= 15 is 0 Å². The van der Waals surface area contributed by atoms with Crippen LogP contribution in [0.2, 0.25) is 0 Å². The molecular weight excluding hydrogens is 346 g/mol. The average Bonchev–Trinajstić information content (AvgIpc) is 3.02. The first-order valence-electron chi connectivity index (χ1n) is 9.04. The van der Waals surface area contributed by atoms with E-state index in [1.807, 2.05) is 13.3 Å². The van der Waals surface area contributed by atoms with E-state index in [1.165, 1.54) is 5.56 Å². The number of piperidine rings is 1. The Morgan fingerprint density at radius 3 is 2.54 bits per heavy atom. The minimum Gasteiger partial charge on any atom is -0.351 e. The van der Waals surface area contributed by atoms with Crippen molar-refractivity contribution in [2.24, 2.45) is 7.05 Å². The third-order valence-electron chi connectivity index (χ3n) is 4.98. The second-order valence-corrected chi connectivity index (χ2v) is 7.69. The van der Waals surface area contributed by atoms with Crippen LogP contribution < -0.4 is 5.32 Å². The first-order chi connectivity index (χ1) is 12.6. The van der Waals surface area contributed by atoms with Crippen molar-refractivity contribution in [2.75, 3.05) is 25.9 Å². The lowest BCUT2D eigenvalue weighted by atomic mass is 9.96. The van der Waals surface area contributed by atoms with Gasteiger partial charge in [0, 0.05) is 19.5 Å². The van der Waals surface area contributed by atoms with Gasteiger partial charge in [0.25, 0.3) is 0 Å². The summed E-state index contributed by atoms with van der Waals surface area (Å²) in [5, 5.41) is 12.6. The molecule has 6 nitrogen and oxygen atoms in total. The molecule has 1 fully saturated rings. The van der Waals surface area contributed by atoms with Crippen LogP contribution in [0.1, 0.15) is 35.7 Å². The first kappa shape index (κ1) is 18.9. The maximum absolute atomic E-state index is 12.2. The van der Waals surface area contributed by atoms with Crippen molar-refractivity contribution >= 4 is 17.7 Å². The van der Waals surface area contributed by atoms with Gasteiger partial charge in [0.15, 0.2) is 5.16 Å². The molecule has 2 heterocycles. The van der Waals surface area contributed by atoms with Crippen molar-refractivity contribution in [2.45, 2.75) is 37.4 Å². The van der Waals surface area contributed by atoms with Crippen LogP contribution in [0.4, 0.5) is 0 Å². The van der Waals surface area contributed by atoms with Gasteiger partial charge in [-0.25, -0.2) is 0 Å². The Morgan fingerprint density at radius 1 is 1.23 bits per heavy atom. The predicted molar refractivity (Wildman–Crippen MR) is 104 cm³/mol. The number of nitrogens with zero attached hydrogens (tertiary/aromatic N) is 4. The molecule has 1 aliphatic heterocycles. The molecule has 0 aliphatic carbocycles. The number of rotatable bonds is 6. The van der Waals surface area contributed by atoms with Crippen molar-refractivity contribution in [3.8, 4) is 0 Å². The Kier molecular flexibility index (Phi) is 6.32. The van der Waals surface area contributed by atoms with E-state index in [9.17, 15) is 4.79 Å². The summed E-state index contributed by atoms with van der Waals surface area (Å²) in [5.74, 6) is 1.59. The molecule has 0 atom stereocenters. The summed E-state index contributed by atoms with van der Waals surface area (Å²) in [6.07, 6.45) is 4.06. The van der Waals surface area contributed by atoms with E-state index in [2.05, 4.69) is 56.2 Å². The largest absolute Gasteiger partial charge is 0.351 e. The quantitative estimate of drug-likeness (QED) is 0.788. The van der Waals surface area contributed by atoms with Crippen LogP contribution in [0.5, 0.6) is 0 Å². The summed E-state index contributed by atoms with van der Waals surface area (Å²) in [5.41, 5.74) is 2.37. The number of carbonyl (C=O) groups excluding carboxylic acids is 1. The Hall–Kier alpha value is -1.86. The summed E-state index contributed by atoms with van der Waals surface area (Å²) >= 11 is 1.62. The maximum Gasteiger partial charge on any atom is 0.234 e. The van der Waals surface area contributed by atoms with Crippen molar-refractivity contribution in [3.63, 3.8) is 0 Å². The molecule has 140 valence electrons. The number of aromatic nitrogens is 3. The van der Waals surface area contributed by atoms with Gasteiger partial charge in [-0.2, -0.15) is 0 Å². The molecular formula is C19H27N5OS.